The van der Waals surface area contributed by atoms with E-state index in [0.717, 1.165) is 29.3 Å². The average molecular weight is 430 g/mol. The van der Waals surface area contributed by atoms with Gasteiger partial charge in [0.25, 0.3) is 0 Å². The van der Waals surface area contributed by atoms with Crippen molar-refractivity contribution in [2.24, 2.45) is 0 Å². The van der Waals surface area contributed by atoms with Crippen LogP contribution in [0.25, 0.3) is 0 Å². The highest BCUT2D eigenvalue weighted by Crippen LogP contribution is 2.24. The van der Waals surface area contributed by atoms with Crippen molar-refractivity contribution in [3.05, 3.63) is 54.1 Å². The summed E-state index contributed by atoms with van der Waals surface area (Å²) in [7, 11) is 1.63. The van der Waals surface area contributed by atoms with Crippen molar-refractivity contribution in [1.82, 2.24) is 10.2 Å². The number of hydrogen-bond acceptors (Lipinski definition) is 6. The number of rotatable bonds is 7. The minimum atomic E-state index is -0.677. The van der Waals surface area contributed by atoms with Gasteiger partial charge in [0.15, 0.2) is 0 Å². The summed E-state index contributed by atoms with van der Waals surface area (Å²) in [6.45, 7) is 3.14. The van der Waals surface area contributed by atoms with Gasteiger partial charge in [0.2, 0.25) is 0 Å². The first-order valence-electron chi connectivity index (χ1n) is 9.79. The second-order valence-electron chi connectivity index (χ2n) is 6.83. The fourth-order valence-corrected chi connectivity index (χ4v) is 3.79. The highest BCUT2D eigenvalue weighted by atomic mass is 32.2. The van der Waals surface area contributed by atoms with Crippen LogP contribution in [0.2, 0.25) is 0 Å². The molecule has 1 heterocycles. The van der Waals surface area contributed by atoms with Gasteiger partial charge in [0.1, 0.15) is 5.75 Å². The molecule has 30 heavy (non-hydrogen) atoms. The summed E-state index contributed by atoms with van der Waals surface area (Å²) >= 11 is 1.57. The number of hydrogen-bond donors (Lipinski definition) is 2. The van der Waals surface area contributed by atoms with Gasteiger partial charge in [0.05, 0.1) is 26.4 Å². The van der Waals surface area contributed by atoms with E-state index in [1.165, 1.54) is 0 Å². The van der Waals surface area contributed by atoms with Gasteiger partial charge in [-0.15, -0.1) is 11.8 Å². The molecule has 7 nitrogen and oxygen atoms in total. The Bertz CT molecular complexity index is 854. The zero-order chi connectivity index (χ0) is 21.3. The Labute approximate surface area is 181 Å². The summed E-state index contributed by atoms with van der Waals surface area (Å²) in [5.74, 6) is -0.560. The highest BCUT2D eigenvalue weighted by Gasteiger charge is 2.24. The predicted octanol–water partition coefficient (Wildman–Crippen LogP) is 2.55. The van der Waals surface area contributed by atoms with E-state index >= 15 is 0 Å². The lowest BCUT2D eigenvalue weighted by Crippen LogP contribution is -2.45. The first-order valence-corrected chi connectivity index (χ1v) is 11.0. The van der Waals surface area contributed by atoms with Crippen LogP contribution in [0.3, 0.4) is 0 Å². The van der Waals surface area contributed by atoms with E-state index < -0.39 is 11.8 Å². The molecule has 8 heteroatoms. The van der Waals surface area contributed by atoms with Crippen molar-refractivity contribution >= 4 is 29.3 Å². The lowest BCUT2D eigenvalue weighted by molar-refractivity contribution is -0.136. The van der Waals surface area contributed by atoms with E-state index in [2.05, 4.69) is 15.5 Å². The summed E-state index contributed by atoms with van der Waals surface area (Å²) in [5.41, 5.74) is 1.65. The van der Waals surface area contributed by atoms with Gasteiger partial charge < -0.3 is 20.1 Å². The number of thioether (sulfide) groups is 1. The Morgan fingerprint density at radius 1 is 1.13 bits per heavy atom. The molecule has 1 saturated heterocycles. The van der Waals surface area contributed by atoms with Gasteiger partial charge >= 0.3 is 11.8 Å². The summed E-state index contributed by atoms with van der Waals surface area (Å²) < 4.78 is 10.7. The van der Waals surface area contributed by atoms with Crippen LogP contribution in [0.1, 0.15) is 11.6 Å². The standard InChI is InChI=1S/C22H27N3O4S/c1-28-18-8-6-16(7-9-18)20(25-10-12-29-13-11-25)15-23-21(26)22(27)24-17-4-3-5-19(14-17)30-2/h3-9,14,20H,10-13,15H2,1-2H3,(H,23,26)(H,24,27). The van der Waals surface area contributed by atoms with Gasteiger partial charge in [-0.25, -0.2) is 0 Å². The Morgan fingerprint density at radius 2 is 1.87 bits per heavy atom. The molecule has 1 aliphatic heterocycles. The van der Waals surface area contributed by atoms with Crippen molar-refractivity contribution in [2.75, 3.05) is 51.5 Å². The van der Waals surface area contributed by atoms with Crippen molar-refractivity contribution < 1.29 is 19.1 Å². The van der Waals surface area contributed by atoms with Gasteiger partial charge in [-0.3, -0.25) is 14.5 Å². The number of carbonyl (C=O) groups is 2. The number of nitrogens with zero attached hydrogens (tertiary/aromatic N) is 1. The molecule has 2 amide bonds. The SMILES string of the molecule is COc1ccc(C(CNC(=O)C(=O)Nc2cccc(SC)c2)N2CCOCC2)cc1. The third kappa shape index (κ3) is 5.98. The van der Waals surface area contributed by atoms with Crippen LogP contribution in [0, 0.1) is 0 Å². The largest absolute Gasteiger partial charge is 0.497 e. The van der Waals surface area contributed by atoms with E-state index in [9.17, 15) is 9.59 Å². The molecule has 0 saturated carbocycles. The molecule has 0 radical (unpaired) electrons. The van der Waals surface area contributed by atoms with Gasteiger partial charge in [0, 0.05) is 30.2 Å². The maximum Gasteiger partial charge on any atom is 0.313 e. The Morgan fingerprint density at radius 3 is 2.53 bits per heavy atom. The number of benzene rings is 2. The van der Waals surface area contributed by atoms with Crippen LogP contribution in [-0.2, 0) is 14.3 Å². The quantitative estimate of drug-likeness (QED) is 0.520. The van der Waals surface area contributed by atoms with E-state index in [4.69, 9.17) is 9.47 Å². The number of anilines is 1. The first kappa shape index (κ1) is 22.1. The molecule has 2 aromatic rings. The van der Waals surface area contributed by atoms with Crippen LogP contribution in [0.5, 0.6) is 5.75 Å². The summed E-state index contributed by atoms with van der Waals surface area (Å²) in [6, 6.07) is 15.1. The summed E-state index contributed by atoms with van der Waals surface area (Å²) in [6.07, 6.45) is 1.96. The molecular weight excluding hydrogens is 402 g/mol. The minimum absolute atomic E-state index is 0.0589. The molecule has 1 fully saturated rings. The molecule has 160 valence electrons. The van der Waals surface area contributed by atoms with Crippen LogP contribution in [0.4, 0.5) is 5.69 Å². The van der Waals surface area contributed by atoms with E-state index in [1.807, 2.05) is 48.7 Å². The molecule has 0 aliphatic carbocycles. The second-order valence-corrected chi connectivity index (χ2v) is 7.71. The maximum atomic E-state index is 12.4. The average Bonchev–Trinajstić information content (AvgIpc) is 2.80. The Hall–Kier alpha value is -2.55. The monoisotopic (exact) mass is 429 g/mol. The maximum absolute atomic E-state index is 12.4. The Kier molecular flexibility index (Phi) is 8.12. The van der Waals surface area contributed by atoms with Crippen LogP contribution in [-0.4, -0.2) is 62.9 Å². The lowest BCUT2D eigenvalue weighted by atomic mass is 10.0. The molecule has 3 rings (SSSR count). The van der Waals surface area contributed by atoms with Gasteiger partial charge in [-0.2, -0.15) is 0 Å². The smallest absolute Gasteiger partial charge is 0.313 e. The number of morpholine rings is 1. The molecule has 0 aromatic heterocycles. The molecule has 2 N–H and O–H groups in total. The number of amides is 2. The van der Waals surface area contributed by atoms with E-state index in [1.54, 1.807) is 24.9 Å². The molecule has 1 unspecified atom stereocenters. The van der Waals surface area contributed by atoms with Crippen LogP contribution >= 0.6 is 11.8 Å². The molecule has 2 aromatic carbocycles. The van der Waals surface area contributed by atoms with Crippen LogP contribution in [0.15, 0.2) is 53.4 Å². The summed E-state index contributed by atoms with van der Waals surface area (Å²) in [5, 5.41) is 5.45. The van der Waals surface area contributed by atoms with Crippen molar-refractivity contribution in [3.63, 3.8) is 0 Å². The lowest BCUT2D eigenvalue weighted by Gasteiger charge is -2.34. The number of ether oxygens (including phenoxy) is 2. The highest BCUT2D eigenvalue weighted by molar-refractivity contribution is 7.98. The number of nitrogens with one attached hydrogen (secondary N) is 2. The topological polar surface area (TPSA) is 79.9 Å². The minimum Gasteiger partial charge on any atom is -0.497 e. The van der Waals surface area contributed by atoms with Crippen molar-refractivity contribution in [1.29, 1.82) is 0 Å². The zero-order valence-electron chi connectivity index (χ0n) is 17.2. The molecule has 1 aliphatic rings. The van der Waals surface area contributed by atoms with Crippen LogP contribution < -0.4 is 15.4 Å². The Balaban J connectivity index is 1.64. The van der Waals surface area contributed by atoms with Crippen molar-refractivity contribution in [3.8, 4) is 5.75 Å². The van der Waals surface area contributed by atoms with Gasteiger partial charge in [-0.1, -0.05) is 18.2 Å². The summed E-state index contributed by atoms with van der Waals surface area (Å²) in [4.78, 5) is 28.0. The first-order chi connectivity index (χ1) is 14.6. The third-order valence-corrected chi connectivity index (χ3v) is 5.70. The number of carbonyl (C=O) groups excluding carboxylic acids is 2. The van der Waals surface area contributed by atoms with Gasteiger partial charge in [-0.05, 0) is 42.2 Å². The fourth-order valence-electron chi connectivity index (χ4n) is 3.33. The predicted molar refractivity (Wildman–Crippen MR) is 118 cm³/mol. The van der Waals surface area contributed by atoms with Crippen molar-refractivity contribution in [2.45, 2.75) is 10.9 Å². The fraction of sp³-hybridized carbons (Fsp3) is 0.364. The second kappa shape index (κ2) is 11.0. The normalized spacial score (nSPS) is 15.3. The molecular formula is C22H27N3O4S. The third-order valence-electron chi connectivity index (χ3n) is 4.98. The number of methoxy groups -OCH3 is 1. The van der Waals surface area contributed by atoms with E-state index in [-0.39, 0.29) is 6.04 Å². The zero-order valence-corrected chi connectivity index (χ0v) is 18.0. The molecule has 1 atom stereocenters. The molecule has 0 spiro atoms. The van der Waals surface area contributed by atoms with E-state index in [0.29, 0.717) is 25.4 Å². The molecule has 0 bridgehead atoms.